The molecule has 2 aliphatic heterocycles. The summed E-state index contributed by atoms with van der Waals surface area (Å²) >= 11 is 0. The lowest BCUT2D eigenvalue weighted by Gasteiger charge is -2.31. The maximum Gasteiger partial charge on any atom is 0.417 e. The molecule has 0 spiro atoms. The number of carbonyl (C=O) groups is 1. The number of piperidine rings is 1. The zero-order chi connectivity index (χ0) is 21.3. The molecule has 0 N–H and O–H groups in total. The number of hydrogen-bond donors (Lipinski definition) is 0. The SMILES string of the molecule is CCc1cc(C(F)(F)F)c2c(C3CCN(C(=O)CC[C@@H]4CCCO4)CC3)noc2n1. The number of carbonyl (C=O) groups excluding carboxylic acids is 1. The molecule has 0 bridgehead atoms. The molecule has 2 aromatic rings. The van der Waals surface area contributed by atoms with Gasteiger partial charge in [-0.05, 0) is 44.6 Å². The molecule has 1 atom stereocenters. The van der Waals surface area contributed by atoms with E-state index in [0.717, 1.165) is 31.9 Å². The van der Waals surface area contributed by atoms with E-state index in [1.54, 1.807) is 11.8 Å². The summed E-state index contributed by atoms with van der Waals surface area (Å²) in [4.78, 5) is 18.5. The summed E-state index contributed by atoms with van der Waals surface area (Å²) in [5, 5.41) is 3.93. The average Bonchev–Trinajstić information content (AvgIpc) is 3.40. The van der Waals surface area contributed by atoms with Crippen molar-refractivity contribution in [3.05, 3.63) is 23.0 Å². The monoisotopic (exact) mass is 425 g/mol. The first-order valence-electron chi connectivity index (χ1n) is 10.6. The third-order valence-corrected chi connectivity index (χ3v) is 6.13. The van der Waals surface area contributed by atoms with Gasteiger partial charge in [0.2, 0.25) is 5.91 Å². The van der Waals surface area contributed by atoms with Crippen LogP contribution in [-0.2, 0) is 22.1 Å². The highest BCUT2D eigenvalue weighted by atomic mass is 19.4. The standard InChI is InChI=1S/C21H26F3N3O3/c1-2-14-12-16(21(22,23)24)18-19(26-30-20(18)25-14)13-7-9-27(10-8-13)17(28)6-5-15-4-3-11-29-15/h12-13,15H,2-11H2,1H3/t15-/m0/s1. The first-order chi connectivity index (χ1) is 14.4. The van der Waals surface area contributed by atoms with E-state index in [2.05, 4.69) is 10.1 Å². The molecule has 6 nitrogen and oxygen atoms in total. The lowest BCUT2D eigenvalue weighted by molar-refractivity contribution is -0.136. The summed E-state index contributed by atoms with van der Waals surface area (Å²) in [6.07, 6.45) is 0.381. The van der Waals surface area contributed by atoms with Crippen molar-refractivity contribution in [2.24, 2.45) is 0 Å². The molecular weight excluding hydrogens is 399 g/mol. The maximum absolute atomic E-state index is 13.7. The minimum Gasteiger partial charge on any atom is -0.378 e. The number of ether oxygens (including phenoxy) is 1. The highest BCUT2D eigenvalue weighted by molar-refractivity contribution is 5.82. The Labute approximate surface area is 172 Å². The maximum atomic E-state index is 13.7. The Morgan fingerprint density at radius 3 is 2.67 bits per heavy atom. The average molecular weight is 425 g/mol. The van der Waals surface area contributed by atoms with E-state index in [-0.39, 0.29) is 29.0 Å². The summed E-state index contributed by atoms with van der Waals surface area (Å²) in [5.74, 6) is -0.108. The second-order valence-corrected chi connectivity index (χ2v) is 8.09. The third kappa shape index (κ3) is 4.31. The van der Waals surface area contributed by atoms with Crippen LogP contribution >= 0.6 is 0 Å². The number of fused-ring (bicyclic) bond motifs is 1. The molecule has 0 saturated carbocycles. The zero-order valence-corrected chi connectivity index (χ0v) is 17.0. The number of aromatic nitrogens is 2. The van der Waals surface area contributed by atoms with Gasteiger partial charge in [-0.2, -0.15) is 13.2 Å². The van der Waals surface area contributed by atoms with Crippen molar-refractivity contribution in [3.8, 4) is 0 Å². The fourth-order valence-electron chi connectivity index (χ4n) is 4.42. The molecule has 4 rings (SSSR count). The van der Waals surface area contributed by atoms with Crippen molar-refractivity contribution < 1.29 is 27.2 Å². The lowest BCUT2D eigenvalue weighted by Crippen LogP contribution is -2.38. The number of pyridine rings is 1. The number of halogens is 3. The molecule has 2 aliphatic rings. The van der Waals surface area contributed by atoms with Crippen LogP contribution in [0.4, 0.5) is 13.2 Å². The molecule has 0 radical (unpaired) electrons. The number of hydrogen-bond acceptors (Lipinski definition) is 5. The van der Waals surface area contributed by atoms with Gasteiger partial charge >= 0.3 is 6.18 Å². The molecule has 30 heavy (non-hydrogen) atoms. The number of amides is 1. The largest absolute Gasteiger partial charge is 0.417 e. The van der Waals surface area contributed by atoms with Gasteiger partial charge in [-0.1, -0.05) is 12.1 Å². The molecular formula is C21H26F3N3O3. The molecule has 1 amide bonds. The van der Waals surface area contributed by atoms with E-state index >= 15 is 0 Å². The van der Waals surface area contributed by atoms with Gasteiger partial charge in [0.1, 0.15) is 0 Å². The van der Waals surface area contributed by atoms with E-state index in [9.17, 15) is 18.0 Å². The predicted molar refractivity (Wildman–Crippen MR) is 103 cm³/mol. The van der Waals surface area contributed by atoms with Crippen LogP contribution in [0, 0.1) is 0 Å². The van der Waals surface area contributed by atoms with Gasteiger partial charge in [0.05, 0.1) is 22.7 Å². The van der Waals surface area contributed by atoms with E-state index < -0.39 is 11.7 Å². The molecule has 0 unspecified atom stereocenters. The topological polar surface area (TPSA) is 68.5 Å². The fraction of sp³-hybridized carbons (Fsp3) is 0.667. The first kappa shape index (κ1) is 21.1. The van der Waals surface area contributed by atoms with Gasteiger partial charge in [0.25, 0.3) is 5.71 Å². The molecule has 0 aromatic carbocycles. The highest BCUT2D eigenvalue weighted by Gasteiger charge is 2.38. The highest BCUT2D eigenvalue weighted by Crippen LogP contribution is 2.40. The van der Waals surface area contributed by atoms with Crippen molar-refractivity contribution >= 4 is 17.0 Å². The Kier molecular flexibility index (Phi) is 5.99. The van der Waals surface area contributed by atoms with E-state index in [4.69, 9.17) is 9.26 Å². The molecule has 9 heteroatoms. The van der Waals surface area contributed by atoms with Gasteiger partial charge in [-0.25, -0.2) is 4.98 Å². The second kappa shape index (κ2) is 8.53. The van der Waals surface area contributed by atoms with Gasteiger partial charge in [-0.3, -0.25) is 4.79 Å². The Bertz CT molecular complexity index is 898. The first-order valence-corrected chi connectivity index (χ1v) is 10.6. The second-order valence-electron chi connectivity index (χ2n) is 8.09. The van der Waals surface area contributed by atoms with Crippen molar-refractivity contribution in [2.75, 3.05) is 19.7 Å². The van der Waals surface area contributed by atoms with E-state index in [0.29, 0.717) is 50.2 Å². The number of likely N-dealkylation sites (tertiary alicyclic amines) is 1. The van der Waals surface area contributed by atoms with Crippen molar-refractivity contribution in [3.63, 3.8) is 0 Å². The lowest BCUT2D eigenvalue weighted by atomic mass is 9.90. The summed E-state index contributed by atoms with van der Waals surface area (Å²) < 4.78 is 51.8. The van der Waals surface area contributed by atoms with Crippen molar-refractivity contribution in [1.82, 2.24) is 15.0 Å². The Hall–Kier alpha value is -2.16. The van der Waals surface area contributed by atoms with Crippen LogP contribution in [-0.4, -0.2) is 46.7 Å². The summed E-state index contributed by atoms with van der Waals surface area (Å²) in [7, 11) is 0. The van der Waals surface area contributed by atoms with Crippen LogP contribution in [0.3, 0.4) is 0 Å². The number of aryl methyl sites for hydroxylation is 1. The van der Waals surface area contributed by atoms with Crippen LogP contribution in [0.1, 0.15) is 68.3 Å². The molecule has 164 valence electrons. The van der Waals surface area contributed by atoms with Gasteiger partial charge in [0, 0.05) is 37.7 Å². The number of nitrogens with zero attached hydrogens (tertiary/aromatic N) is 3. The third-order valence-electron chi connectivity index (χ3n) is 6.13. The number of rotatable bonds is 5. The zero-order valence-electron chi connectivity index (χ0n) is 17.0. The van der Waals surface area contributed by atoms with Crippen molar-refractivity contribution in [1.29, 1.82) is 0 Å². The van der Waals surface area contributed by atoms with Crippen molar-refractivity contribution in [2.45, 2.75) is 70.1 Å². The molecule has 2 aromatic heterocycles. The predicted octanol–water partition coefficient (Wildman–Crippen LogP) is 4.47. The quantitative estimate of drug-likeness (QED) is 0.707. The van der Waals surface area contributed by atoms with Gasteiger partial charge in [0.15, 0.2) is 0 Å². The summed E-state index contributed by atoms with van der Waals surface area (Å²) in [5.41, 5.74) is -0.175. The van der Waals surface area contributed by atoms with Crippen LogP contribution in [0.5, 0.6) is 0 Å². The molecule has 2 fully saturated rings. The fourth-order valence-corrected chi connectivity index (χ4v) is 4.42. The Morgan fingerprint density at radius 2 is 2.03 bits per heavy atom. The smallest absolute Gasteiger partial charge is 0.378 e. The van der Waals surface area contributed by atoms with Crippen LogP contribution in [0.2, 0.25) is 0 Å². The van der Waals surface area contributed by atoms with E-state index in [1.165, 1.54) is 0 Å². The van der Waals surface area contributed by atoms with Gasteiger partial charge in [-0.15, -0.1) is 0 Å². The number of alkyl halides is 3. The molecule has 0 aliphatic carbocycles. The molecule has 2 saturated heterocycles. The Balaban J connectivity index is 1.46. The normalized spacial score (nSPS) is 20.9. The summed E-state index contributed by atoms with van der Waals surface area (Å²) in [6.45, 7) is 3.53. The molecule has 4 heterocycles. The van der Waals surface area contributed by atoms with E-state index in [1.807, 2.05) is 0 Å². The van der Waals surface area contributed by atoms with Crippen LogP contribution in [0.15, 0.2) is 10.6 Å². The van der Waals surface area contributed by atoms with Crippen LogP contribution in [0.25, 0.3) is 11.1 Å². The summed E-state index contributed by atoms with van der Waals surface area (Å²) in [6, 6.07) is 1.09. The van der Waals surface area contributed by atoms with Crippen LogP contribution < -0.4 is 0 Å². The van der Waals surface area contributed by atoms with Gasteiger partial charge < -0.3 is 14.2 Å². The minimum absolute atomic E-state index is 0.0390. The minimum atomic E-state index is -4.51. The Morgan fingerprint density at radius 1 is 1.27 bits per heavy atom.